The fourth-order valence-electron chi connectivity index (χ4n) is 1.31. The maximum atomic E-state index is 9.51. The van der Waals surface area contributed by atoms with Gasteiger partial charge in [-0.2, -0.15) is 0 Å². The van der Waals surface area contributed by atoms with Gasteiger partial charge in [0, 0.05) is 6.07 Å². The fourth-order valence-corrected chi connectivity index (χ4v) is 1.31. The molecule has 5 nitrogen and oxygen atoms in total. The molecule has 0 aliphatic heterocycles. The summed E-state index contributed by atoms with van der Waals surface area (Å²) in [5.74, 6) is -1.36. The lowest BCUT2D eigenvalue weighted by Gasteiger charge is -2.09. The predicted molar refractivity (Wildman–Crippen MR) is 59.6 cm³/mol. The van der Waals surface area contributed by atoms with Gasteiger partial charge in [-0.05, 0) is 24.3 Å². The van der Waals surface area contributed by atoms with Crippen molar-refractivity contribution in [3.8, 4) is 34.5 Å². The highest BCUT2D eigenvalue weighted by Gasteiger charge is 2.12. The second-order valence-electron chi connectivity index (χ2n) is 3.38. The Bertz CT molecular complexity index is 551. The molecule has 0 aliphatic carbocycles. The van der Waals surface area contributed by atoms with Gasteiger partial charge in [-0.25, -0.2) is 0 Å². The molecule has 0 aliphatic rings. The SMILES string of the molecule is Oc1cccc(Oc2ccc(O)c(O)c2O)c1. The summed E-state index contributed by atoms with van der Waals surface area (Å²) in [5, 5.41) is 37.2. The largest absolute Gasteiger partial charge is 0.508 e. The van der Waals surface area contributed by atoms with Gasteiger partial charge < -0.3 is 25.2 Å². The fraction of sp³-hybridized carbons (Fsp3) is 0. The van der Waals surface area contributed by atoms with E-state index in [-0.39, 0.29) is 11.5 Å². The van der Waals surface area contributed by atoms with Crippen LogP contribution >= 0.6 is 0 Å². The van der Waals surface area contributed by atoms with Crippen molar-refractivity contribution in [2.45, 2.75) is 0 Å². The minimum Gasteiger partial charge on any atom is -0.508 e. The highest BCUT2D eigenvalue weighted by atomic mass is 16.5. The van der Waals surface area contributed by atoms with E-state index in [1.165, 1.54) is 24.3 Å². The van der Waals surface area contributed by atoms with Crippen LogP contribution in [0.4, 0.5) is 0 Å². The van der Waals surface area contributed by atoms with Gasteiger partial charge in [0.25, 0.3) is 0 Å². The number of phenols is 4. The van der Waals surface area contributed by atoms with Crippen LogP contribution in [0.3, 0.4) is 0 Å². The summed E-state index contributed by atoms with van der Waals surface area (Å²) < 4.78 is 5.24. The summed E-state index contributed by atoms with van der Waals surface area (Å²) in [4.78, 5) is 0. The van der Waals surface area contributed by atoms with E-state index in [0.717, 1.165) is 0 Å². The molecular weight excluding hydrogens is 224 g/mol. The molecule has 0 fully saturated rings. The van der Waals surface area contributed by atoms with Crippen molar-refractivity contribution in [2.75, 3.05) is 0 Å². The summed E-state index contributed by atoms with van der Waals surface area (Å²) >= 11 is 0. The molecule has 17 heavy (non-hydrogen) atoms. The van der Waals surface area contributed by atoms with Gasteiger partial charge in [0.1, 0.15) is 11.5 Å². The number of hydrogen-bond acceptors (Lipinski definition) is 5. The molecule has 0 atom stereocenters. The van der Waals surface area contributed by atoms with Crippen LogP contribution in [-0.4, -0.2) is 20.4 Å². The first kappa shape index (κ1) is 10.9. The van der Waals surface area contributed by atoms with Gasteiger partial charge in [0.2, 0.25) is 11.5 Å². The Kier molecular flexibility index (Phi) is 2.66. The maximum absolute atomic E-state index is 9.51. The first-order valence-corrected chi connectivity index (χ1v) is 4.78. The Hall–Kier alpha value is -2.56. The van der Waals surface area contributed by atoms with Crippen molar-refractivity contribution in [2.24, 2.45) is 0 Å². The molecule has 4 N–H and O–H groups in total. The molecule has 0 saturated carbocycles. The van der Waals surface area contributed by atoms with Gasteiger partial charge in [-0.15, -0.1) is 0 Å². The molecule has 0 spiro atoms. The van der Waals surface area contributed by atoms with Crippen LogP contribution in [0.15, 0.2) is 36.4 Å². The second-order valence-corrected chi connectivity index (χ2v) is 3.38. The van der Waals surface area contributed by atoms with Crippen molar-refractivity contribution in [1.82, 2.24) is 0 Å². The van der Waals surface area contributed by atoms with E-state index in [1.54, 1.807) is 12.1 Å². The van der Waals surface area contributed by atoms with Crippen LogP contribution in [0.1, 0.15) is 0 Å². The molecule has 0 radical (unpaired) electrons. The maximum Gasteiger partial charge on any atom is 0.205 e. The third kappa shape index (κ3) is 2.17. The zero-order valence-corrected chi connectivity index (χ0v) is 8.66. The Balaban J connectivity index is 2.34. The van der Waals surface area contributed by atoms with Gasteiger partial charge in [-0.1, -0.05) is 6.07 Å². The Morgan fingerprint density at radius 2 is 1.59 bits per heavy atom. The Labute approximate surface area is 96.8 Å². The zero-order chi connectivity index (χ0) is 12.4. The smallest absolute Gasteiger partial charge is 0.205 e. The number of hydrogen-bond donors (Lipinski definition) is 4. The van der Waals surface area contributed by atoms with Gasteiger partial charge in [-0.3, -0.25) is 0 Å². The Morgan fingerprint density at radius 1 is 0.824 bits per heavy atom. The third-order valence-corrected chi connectivity index (χ3v) is 2.14. The third-order valence-electron chi connectivity index (χ3n) is 2.14. The van der Waals surface area contributed by atoms with E-state index < -0.39 is 17.2 Å². The van der Waals surface area contributed by atoms with Crippen LogP contribution in [-0.2, 0) is 0 Å². The van der Waals surface area contributed by atoms with Crippen molar-refractivity contribution < 1.29 is 25.2 Å². The minimum atomic E-state index is -0.650. The summed E-state index contributed by atoms with van der Waals surface area (Å²) in [5.41, 5.74) is 0. The molecule has 2 aromatic rings. The van der Waals surface area contributed by atoms with E-state index in [0.29, 0.717) is 5.75 Å². The number of rotatable bonds is 2. The first-order chi connectivity index (χ1) is 8.08. The van der Waals surface area contributed by atoms with Gasteiger partial charge >= 0.3 is 0 Å². The molecule has 0 heterocycles. The first-order valence-electron chi connectivity index (χ1n) is 4.78. The lowest BCUT2D eigenvalue weighted by atomic mass is 10.2. The van der Waals surface area contributed by atoms with E-state index >= 15 is 0 Å². The van der Waals surface area contributed by atoms with Crippen LogP contribution in [0.2, 0.25) is 0 Å². The lowest BCUT2D eigenvalue weighted by molar-refractivity contribution is 0.349. The van der Waals surface area contributed by atoms with E-state index in [1.807, 2.05) is 0 Å². The number of phenolic OH excluding ortho intramolecular Hbond substituents is 4. The molecule has 0 saturated heterocycles. The van der Waals surface area contributed by atoms with Gasteiger partial charge in [0.15, 0.2) is 11.5 Å². The number of benzene rings is 2. The quantitative estimate of drug-likeness (QED) is 0.598. The van der Waals surface area contributed by atoms with Crippen molar-refractivity contribution in [3.63, 3.8) is 0 Å². The van der Waals surface area contributed by atoms with Crippen LogP contribution in [0.5, 0.6) is 34.5 Å². The molecule has 88 valence electrons. The highest BCUT2D eigenvalue weighted by Crippen LogP contribution is 2.43. The molecule has 0 bridgehead atoms. The molecule has 0 unspecified atom stereocenters. The van der Waals surface area contributed by atoms with Crippen LogP contribution < -0.4 is 4.74 Å². The summed E-state index contributed by atoms with van der Waals surface area (Å²) in [6, 6.07) is 8.46. The zero-order valence-electron chi connectivity index (χ0n) is 8.66. The van der Waals surface area contributed by atoms with Gasteiger partial charge in [0.05, 0.1) is 0 Å². The van der Waals surface area contributed by atoms with Crippen molar-refractivity contribution in [1.29, 1.82) is 0 Å². The minimum absolute atomic E-state index is 0.0185. The molecule has 5 heteroatoms. The Morgan fingerprint density at radius 3 is 2.29 bits per heavy atom. The normalized spacial score (nSPS) is 10.1. The summed E-state index contributed by atoms with van der Waals surface area (Å²) in [6.45, 7) is 0. The van der Waals surface area contributed by atoms with E-state index in [9.17, 15) is 15.3 Å². The molecule has 0 aromatic heterocycles. The molecule has 0 amide bonds. The van der Waals surface area contributed by atoms with Crippen molar-refractivity contribution >= 4 is 0 Å². The van der Waals surface area contributed by atoms with E-state index in [2.05, 4.69) is 0 Å². The van der Waals surface area contributed by atoms with Crippen LogP contribution in [0, 0.1) is 0 Å². The highest BCUT2D eigenvalue weighted by molar-refractivity contribution is 5.57. The number of aromatic hydroxyl groups is 4. The average Bonchev–Trinajstić information content (AvgIpc) is 2.30. The second kappa shape index (κ2) is 4.13. The standard InChI is InChI=1S/C12H10O5/c13-7-2-1-3-8(6-7)17-10-5-4-9(14)11(15)12(10)16/h1-6,13-16H. The molecular formula is C12H10O5. The van der Waals surface area contributed by atoms with Crippen molar-refractivity contribution in [3.05, 3.63) is 36.4 Å². The molecule has 2 aromatic carbocycles. The monoisotopic (exact) mass is 234 g/mol. The number of ether oxygens (including phenoxy) is 1. The molecule has 2 rings (SSSR count). The average molecular weight is 234 g/mol. The van der Waals surface area contributed by atoms with E-state index in [4.69, 9.17) is 9.84 Å². The van der Waals surface area contributed by atoms with Crippen LogP contribution in [0.25, 0.3) is 0 Å². The topological polar surface area (TPSA) is 90.2 Å². The lowest BCUT2D eigenvalue weighted by Crippen LogP contribution is -1.85. The predicted octanol–water partition coefficient (Wildman–Crippen LogP) is 2.30. The summed E-state index contributed by atoms with van der Waals surface area (Å²) in [7, 11) is 0. The summed E-state index contributed by atoms with van der Waals surface area (Å²) in [6.07, 6.45) is 0.